The van der Waals surface area contributed by atoms with E-state index in [1.54, 1.807) is 6.92 Å². The van der Waals surface area contributed by atoms with Gasteiger partial charge in [0.05, 0.1) is 0 Å². The van der Waals surface area contributed by atoms with Crippen molar-refractivity contribution in [2.24, 2.45) is 0 Å². The highest BCUT2D eigenvalue weighted by atomic mass is 32.2. The van der Waals surface area contributed by atoms with Gasteiger partial charge in [-0.1, -0.05) is 12.8 Å². The maximum atomic E-state index is 13.7. The van der Waals surface area contributed by atoms with Crippen LogP contribution in [0.2, 0.25) is 0 Å². The Hall–Kier alpha value is -1.14. The summed E-state index contributed by atoms with van der Waals surface area (Å²) in [4.78, 5) is -0.363. The van der Waals surface area contributed by atoms with Gasteiger partial charge in [0.1, 0.15) is 10.7 Å². The molecule has 1 aliphatic carbocycles. The highest BCUT2D eigenvalue weighted by molar-refractivity contribution is 7.89. The minimum absolute atomic E-state index is 0.0862. The molecule has 1 aromatic rings. The third kappa shape index (κ3) is 2.64. The molecule has 0 saturated heterocycles. The Kier molecular flexibility index (Phi) is 3.59. The normalized spacial score (nSPS) is 17.2. The van der Waals surface area contributed by atoms with E-state index in [1.807, 2.05) is 0 Å². The van der Waals surface area contributed by atoms with Crippen LogP contribution >= 0.6 is 0 Å². The van der Waals surface area contributed by atoms with Crippen molar-refractivity contribution in [2.45, 2.75) is 43.5 Å². The topological polar surface area (TPSA) is 72.2 Å². The fourth-order valence-corrected chi connectivity index (χ4v) is 3.60. The zero-order chi connectivity index (χ0) is 13.3. The third-order valence-corrected chi connectivity index (χ3v) is 4.82. The summed E-state index contributed by atoms with van der Waals surface area (Å²) in [6.45, 7) is 1.64. The molecular weight excluding hydrogens is 255 g/mol. The van der Waals surface area contributed by atoms with Crippen LogP contribution in [0.1, 0.15) is 31.2 Å². The third-order valence-electron chi connectivity index (χ3n) is 3.29. The van der Waals surface area contributed by atoms with E-state index >= 15 is 0 Å². The van der Waals surface area contributed by atoms with Gasteiger partial charge in [-0.3, -0.25) is 0 Å². The van der Waals surface area contributed by atoms with Crippen molar-refractivity contribution in [3.05, 3.63) is 23.5 Å². The van der Waals surface area contributed by atoms with Crippen LogP contribution < -0.4 is 10.5 Å². The number of anilines is 1. The first kappa shape index (κ1) is 13.3. The molecule has 0 atom stereocenters. The number of nitrogens with one attached hydrogen (secondary N) is 1. The Morgan fingerprint density at radius 3 is 2.56 bits per heavy atom. The van der Waals surface area contributed by atoms with Crippen molar-refractivity contribution in [3.8, 4) is 0 Å². The van der Waals surface area contributed by atoms with E-state index in [-0.39, 0.29) is 16.6 Å². The van der Waals surface area contributed by atoms with Gasteiger partial charge in [0.2, 0.25) is 10.0 Å². The van der Waals surface area contributed by atoms with Crippen molar-refractivity contribution in [1.29, 1.82) is 0 Å². The second kappa shape index (κ2) is 4.85. The quantitative estimate of drug-likeness (QED) is 0.826. The number of sulfonamides is 1. The Labute approximate surface area is 106 Å². The molecule has 4 nitrogen and oxygen atoms in total. The lowest BCUT2D eigenvalue weighted by Crippen LogP contribution is -2.33. The molecular formula is C12H17FN2O2S. The summed E-state index contributed by atoms with van der Waals surface area (Å²) < 4.78 is 40.4. The van der Waals surface area contributed by atoms with Gasteiger partial charge in [-0.2, -0.15) is 0 Å². The second-order valence-electron chi connectivity index (χ2n) is 4.74. The summed E-state index contributed by atoms with van der Waals surface area (Å²) in [6.07, 6.45) is 3.63. The summed E-state index contributed by atoms with van der Waals surface area (Å²) in [7, 11) is -3.82. The van der Waals surface area contributed by atoms with E-state index in [4.69, 9.17) is 5.73 Å². The van der Waals surface area contributed by atoms with Crippen LogP contribution in [0.5, 0.6) is 0 Å². The highest BCUT2D eigenvalue weighted by Gasteiger charge is 2.25. The first-order valence-electron chi connectivity index (χ1n) is 5.98. The van der Waals surface area contributed by atoms with Crippen molar-refractivity contribution in [2.75, 3.05) is 5.73 Å². The molecule has 0 aromatic heterocycles. The molecule has 0 radical (unpaired) electrons. The van der Waals surface area contributed by atoms with Gasteiger partial charge < -0.3 is 5.73 Å². The van der Waals surface area contributed by atoms with E-state index in [0.717, 1.165) is 31.7 Å². The molecule has 18 heavy (non-hydrogen) atoms. The molecule has 0 spiro atoms. The molecule has 0 heterocycles. The number of aryl methyl sites for hydroxylation is 1. The van der Waals surface area contributed by atoms with Gasteiger partial charge in [-0.15, -0.1) is 0 Å². The minimum atomic E-state index is -3.82. The van der Waals surface area contributed by atoms with Gasteiger partial charge >= 0.3 is 0 Å². The molecule has 100 valence electrons. The average molecular weight is 272 g/mol. The Balaban J connectivity index is 2.31. The largest absolute Gasteiger partial charge is 0.398 e. The molecule has 6 heteroatoms. The van der Waals surface area contributed by atoms with E-state index in [2.05, 4.69) is 4.72 Å². The van der Waals surface area contributed by atoms with Crippen LogP contribution in [0.4, 0.5) is 10.1 Å². The van der Waals surface area contributed by atoms with Gasteiger partial charge in [0.15, 0.2) is 0 Å². The highest BCUT2D eigenvalue weighted by Crippen LogP contribution is 2.24. The fourth-order valence-electron chi connectivity index (χ4n) is 2.20. The number of hydrogen-bond donors (Lipinski definition) is 2. The maximum Gasteiger partial charge on any atom is 0.243 e. The minimum Gasteiger partial charge on any atom is -0.398 e. The van der Waals surface area contributed by atoms with Crippen molar-refractivity contribution in [3.63, 3.8) is 0 Å². The van der Waals surface area contributed by atoms with Crippen LogP contribution in [-0.4, -0.2) is 14.5 Å². The Morgan fingerprint density at radius 1 is 1.33 bits per heavy atom. The van der Waals surface area contributed by atoms with Crippen LogP contribution in [0.3, 0.4) is 0 Å². The molecule has 0 unspecified atom stereocenters. The number of nitrogens with two attached hydrogens (primary N) is 1. The standard InChI is InChI=1S/C12H17FN2O2S/c1-8-6-10(13)12(7-11(8)14)18(16,17)15-9-4-2-3-5-9/h6-7,9,15H,2-5,14H2,1H3. The predicted molar refractivity (Wildman–Crippen MR) is 68.1 cm³/mol. The monoisotopic (exact) mass is 272 g/mol. The molecule has 3 N–H and O–H groups in total. The first-order chi connectivity index (χ1) is 8.40. The second-order valence-corrected chi connectivity index (χ2v) is 6.42. The van der Waals surface area contributed by atoms with Crippen LogP contribution in [0, 0.1) is 12.7 Å². The van der Waals surface area contributed by atoms with Gasteiger partial charge in [-0.05, 0) is 37.5 Å². The lowest BCUT2D eigenvalue weighted by Gasteiger charge is -2.14. The molecule has 1 fully saturated rings. The number of halogens is 1. The van der Waals surface area contributed by atoms with Gasteiger partial charge in [0, 0.05) is 11.7 Å². The molecule has 0 bridgehead atoms. The van der Waals surface area contributed by atoms with Gasteiger partial charge in [-0.25, -0.2) is 17.5 Å². The van der Waals surface area contributed by atoms with E-state index in [9.17, 15) is 12.8 Å². The first-order valence-corrected chi connectivity index (χ1v) is 7.46. The maximum absolute atomic E-state index is 13.7. The van der Waals surface area contributed by atoms with Gasteiger partial charge in [0.25, 0.3) is 0 Å². The Morgan fingerprint density at radius 2 is 1.94 bits per heavy atom. The smallest absolute Gasteiger partial charge is 0.243 e. The van der Waals surface area contributed by atoms with E-state index in [1.165, 1.54) is 6.07 Å². The number of hydrogen-bond acceptors (Lipinski definition) is 3. The number of rotatable bonds is 3. The lowest BCUT2D eigenvalue weighted by molar-refractivity contribution is 0.536. The summed E-state index contributed by atoms with van der Waals surface area (Å²) in [5.41, 5.74) is 6.45. The molecule has 1 saturated carbocycles. The van der Waals surface area contributed by atoms with E-state index < -0.39 is 15.8 Å². The van der Waals surface area contributed by atoms with Crippen LogP contribution in [0.15, 0.2) is 17.0 Å². The average Bonchev–Trinajstić information content (AvgIpc) is 2.75. The zero-order valence-corrected chi connectivity index (χ0v) is 11.1. The molecule has 1 aromatic carbocycles. The number of benzene rings is 1. The summed E-state index contributed by atoms with van der Waals surface area (Å²) >= 11 is 0. The molecule has 2 rings (SSSR count). The lowest BCUT2D eigenvalue weighted by atomic mass is 10.2. The summed E-state index contributed by atoms with van der Waals surface area (Å²) in [5, 5.41) is 0. The number of nitrogen functional groups attached to an aromatic ring is 1. The van der Waals surface area contributed by atoms with E-state index in [0.29, 0.717) is 5.56 Å². The molecule has 1 aliphatic rings. The van der Waals surface area contributed by atoms with Crippen molar-refractivity contribution in [1.82, 2.24) is 4.72 Å². The molecule has 0 amide bonds. The summed E-state index contributed by atoms with van der Waals surface area (Å²) in [6, 6.07) is 2.25. The van der Waals surface area contributed by atoms with Crippen LogP contribution in [-0.2, 0) is 10.0 Å². The Bertz CT molecular complexity index is 551. The summed E-state index contributed by atoms with van der Waals surface area (Å²) in [5.74, 6) is -0.757. The predicted octanol–water partition coefficient (Wildman–Crippen LogP) is 1.94. The van der Waals surface area contributed by atoms with Crippen LogP contribution in [0.25, 0.3) is 0 Å². The SMILES string of the molecule is Cc1cc(F)c(S(=O)(=O)NC2CCCC2)cc1N. The molecule has 0 aliphatic heterocycles. The zero-order valence-electron chi connectivity index (χ0n) is 10.2. The van der Waals surface area contributed by atoms with Crippen molar-refractivity contribution < 1.29 is 12.8 Å². The van der Waals surface area contributed by atoms with Crippen molar-refractivity contribution >= 4 is 15.7 Å². The fraction of sp³-hybridized carbons (Fsp3) is 0.500.